The van der Waals surface area contributed by atoms with E-state index in [2.05, 4.69) is 20.6 Å². The van der Waals surface area contributed by atoms with Crippen molar-refractivity contribution in [2.75, 3.05) is 5.32 Å². The third-order valence-electron chi connectivity index (χ3n) is 3.31. The molecule has 6 heteroatoms. The van der Waals surface area contributed by atoms with E-state index in [1.54, 1.807) is 0 Å². The summed E-state index contributed by atoms with van der Waals surface area (Å²) in [4.78, 5) is 4.35. The highest BCUT2D eigenvalue weighted by molar-refractivity contribution is 5.53. The van der Waals surface area contributed by atoms with Crippen molar-refractivity contribution in [1.29, 1.82) is 0 Å². The first-order valence-electron chi connectivity index (χ1n) is 6.73. The van der Waals surface area contributed by atoms with Crippen molar-refractivity contribution < 1.29 is 9.05 Å². The van der Waals surface area contributed by atoms with Crippen molar-refractivity contribution in [3.8, 4) is 11.5 Å². The molecular formula is C15H16N4O2. The highest BCUT2D eigenvalue weighted by atomic mass is 16.5. The van der Waals surface area contributed by atoms with Crippen LogP contribution in [0.3, 0.4) is 0 Å². The van der Waals surface area contributed by atoms with Crippen molar-refractivity contribution >= 4 is 5.95 Å². The van der Waals surface area contributed by atoms with Crippen molar-refractivity contribution in [3.63, 3.8) is 0 Å². The van der Waals surface area contributed by atoms with Gasteiger partial charge in [-0.3, -0.25) is 0 Å². The number of rotatable bonds is 4. The molecule has 2 heterocycles. The van der Waals surface area contributed by atoms with Gasteiger partial charge in [0.1, 0.15) is 5.76 Å². The van der Waals surface area contributed by atoms with Crippen molar-refractivity contribution in [2.45, 2.75) is 26.8 Å². The van der Waals surface area contributed by atoms with Crippen molar-refractivity contribution in [3.05, 3.63) is 47.3 Å². The number of hydrogen-bond acceptors (Lipinski definition) is 6. The SMILES string of the molecule is Cc1noc(C)c1[C@@H](C)Nc1noc(-c2ccccc2)n1. The van der Waals surface area contributed by atoms with Crippen LogP contribution in [0.5, 0.6) is 0 Å². The minimum atomic E-state index is -0.0162. The Morgan fingerprint density at radius 1 is 1.05 bits per heavy atom. The summed E-state index contributed by atoms with van der Waals surface area (Å²) in [6.45, 7) is 5.81. The Kier molecular flexibility index (Phi) is 3.43. The predicted molar refractivity (Wildman–Crippen MR) is 77.7 cm³/mol. The lowest BCUT2D eigenvalue weighted by Crippen LogP contribution is -2.09. The molecule has 0 aliphatic rings. The van der Waals surface area contributed by atoms with Crippen LogP contribution in [0.1, 0.15) is 30.0 Å². The van der Waals surface area contributed by atoms with Crippen LogP contribution in [0.15, 0.2) is 39.4 Å². The average Bonchev–Trinajstić information content (AvgIpc) is 3.07. The standard InChI is InChI=1S/C15H16N4O2/c1-9(13-10(2)18-20-11(13)3)16-15-17-14(21-19-15)12-7-5-4-6-8-12/h4-9H,1-3H3,(H,16,19)/t9-/m1/s1. The molecule has 3 aromatic rings. The molecule has 0 amide bonds. The van der Waals surface area contributed by atoms with E-state index in [4.69, 9.17) is 9.05 Å². The molecule has 0 fully saturated rings. The number of benzene rings is 1. The van der Waals surface area contributed by atoms with Gasteiger partial charge in [0, 0.05) is 11.1 Å². The van der Waals surface area contributed by atoms with E-state index >= 15 is 0 Å². The van der Waals surface area contributed by atoms with Gasteiger partial charge in [-0.05, 0) is 38.1 Å². The second-order valence-electron chi connectivity index (χ2n) is 4.89. The zero-order chi connectivity index (χ0) is 14.8. The van der Waals surface area contributed by atoms with Gasteiger partial charge in [0.2, 0.25) is 0 Å². The fourth-order valence-electron chi connectivity index (χ4n) is 2.35. The van der Waals surface area contributed by atoms with E-state index in [1.165, 1.54) is 0 Å². The maximum atomic E-state index is 5.27. The number of nitrogens with one attached hydrogen (secondary N) is 1. The Labute approximate surface area is 122 Å². The van der Waals surface area contributed by atoms with Crippen LogP contribution in [0, 0.1) is 13.8 Å². The molecule has 0 unspecified atom stereocenters. The summed E-state index contributed by atoms with van der Waals surface area (Å²) in [7, 11) is 0. The number of aromatic nitrogens is 3. The lowest BCUT2D eigenvalue weighted by molar-refractivity contribution is 0.392. The van der Waals surface area contributed by atoms with Gasteiger partial charge in [-0.25, -0.2) is 0 Å². The monoisotopic (exact) mass is 284 g/mol. The normalized spacial score (nSPS) is 12.3. The topological polar surface area (TPSA) is 77.0 Å². The summed E-state index contributed by atoms with van der Waals surface area (Å²) in [6, 6.07) is 9.64. The Bertz CT molecular complexity index is 714. The summed E-state index contributed by atoms with van der Waals surface area (Å²) >= 11 is 0. The predicted octanol–water partition coefficient (Wildman–Crippen LogP) is 3.51. The first-order valence-corrected chi connectivity index (χ1v) is 6.73. The number of nitrogens with zero attached hydrogens (tertiary/aromatic N) is 3. The molecule has 0 spiro atoms. The van der Waals surface area contributed by atoms with Gasteiger partial charge < -0.3 is 14.4 Å². The molecular weight excluding hydrogens is 268 g/mol. The van der Waals surface area contributed by atoms with Gasteiger partial charge in [-0.1, -0.05) is 23.4 Å². The molecule has 0 aliphatic heterocycles. The third-order valence-corrected chi connectivity index (χ3v) is 3.31. The molecule has 0 saturated carbocycles. The lowest BCUT2D eigenvalue weighted by atomic mass is 10.1. The molecule has 0 saturated heterocycles. The van der Waals surface area contributed by atoms with Crippen LogP contribution >= 0.6 is 0 Å². The van der Waals surface area contributed by atoms with Crippen LogP contribution in [-0.2, 0) is 0 Å². The van der Waals surface area contributed by atoms with Crippen molar-refractivity contribution in [1.82, 2.24) is 15.3 Å². The first kappa shape index (κ1) is 13.4. The molecule has 1 aromatic carbocycles. The summed E-state index contributed by atoms with van der Waals surface area (Å²) in [5, 5.41) is 11.1. The Balaban J connectivity index is 1.79. The Morgan fingerprint density at radius 3 is 2.48 bits per heavy atom. The van der Waals surface area contributed by atoms with Gasteiger partial charge in [-0.15, -0.1) is 0 Å². The van der Waals surface area contributed by atoms with Crippen LogP contribution in [0.4, 0.5) is 5.95 Å². The third kappa shape index (κ3) is 2.65. The molecule has 2 aromatic heterocycles. The molecule has 1 N–H and O–H groups in total. The maximum absolute atomic E-state index is 5.27. The Morgan fingerprint density at radius 2 is 1.81 bits per heavy atom. The smallest absolute Gasteiger partial charge is 0.264 e. The summed E-state index contributed by atoms with van der Waals surface area (Å²) in [5.74, 6) is 1.73. The quantitative estimate of drug-likeness (QED) is 0.790. The molecule has 0 bridgehead atoms. The van der Waals surface area contributed by atoms with E-state index in [1.807, 2.05) is 51.1 Å². The maximum Gasteiger partial charge on any atom is 0.264 e. The second kappa shape index (κ2) is 5.40. The molecule has 0 aliphatic carbocycles. The minimum absolute atomic E-state index is 0.0162. The van der Waals surface area contributed by atoms with E-state index in [-0.39, 0.29) is 6.04 Å². The zero-order valence-corrected chi connectivity index (χ0v) is 12.1. The fraction of sp³-hybridized carbons (Fsp3) is 0.267. The summed E-state index contributed by atoms with van der Waals surface area (Å²) in [6.07, 6.45) is 0. The molecule has 1 atom stereocenters. The largest absolute Gasteiger partial charge is 0.361 e. The van der Waals surface area contributed by atoms with E-state index in [0.717, 1.165) is 22.6 Å². The molecule has 21 heavy (non-hydrogen) atoms. The summed E-state index contributed by atoms with van der Waals surface area (Å²) in [5.41, 5.74) is 2.77. The molecule has 6 nitrogen and oxygen atoms in total. The van der Waals surface area contributed by atoms with Gasteiger partial charge in [0.15, 0.2) is 0 Å². The van der Waals surface area contributed by atoms with Gasteiger partial charge in [0.05, 0.1) is 11.7 Å². The number of hydrogen-bond donors (Lipinski definition) is 1. The van der Waals surface area contributed by atoms with Crippen molar-refractivity contribution in [2.24, 2.45) is 0 Å². The van der Waals surface area contributed by atoms with E-state index in [0.29, 0.717) is 11.8 Å². The van der Waals surface area contributed by atoms with Crippen LogP contribution in [0.2, 0.25) is 0 Å². The Hall–Kier alpha value is -2.63. The molecule has 108 valence electrons. The number of aryl methyl sites for hydroxylation is 2. The van der Waals surface area contributed by atoms with E-state index in [9.17, 15) is 0 Å². The van der Waals surface area contributed by atoms with Crippen LogP contribution in [-0.4, -0.2) is 15.3 Å². The molecule has 0 radical (unpaired) electrons. The summed E-state index contributed by atoms with van der Waals surface area (Å²) < 4.78 is 10.4. The van der Waals surface area contributed by atoms with Gasteiger partial charge >= 0.3 is 0 Å². The average molecular weight is 284 g/mol. The van der Waals surface area contributed by atoms with Gasteiger partial charge in [0.25, 0.3) is 11.8 Å². The number of anilines is 1. The fourth-order valence-corrected chi connectivity index (χ4v) is 2.35. The lowest BCUT2D eigenvalue weighted by Gasteiger charge is -2.10. The second-order valence-corrected chi connectivity index (χ2v) is 4.89. The van der Waals surface area contributed by atoms with Crippen LogP contribution < -0.4 is 5.32 Å². The minimum Gasteiger partial charge on any atom is -0.361 e. The van der Waals surface area contributed by atoms with Crippen LogP contribution in [0.25, 0.3) is 11.5 Å². The highest BCUT2D eigenvalue weighted by Crippen LogP contribution is 2.25. The highest BCUT2D eigenvalue weighted by Gasteiger charge is 2.18. The zero-order valence-electron chi connectivity index (χ0n) is 12.1. The first-order chi connectivity index (χ1) is 10.1. The van der Waals surface area contributed by atoms with E-state index < -0.39 is 0 Å². The van der Waals surface area contributed by atoms with Gasteiger partial charge in [-0.2, -0.15) is 4.98 Å². The molecule has 3 rings (SSSR count).